The molecule has 1 aromatic heterocycles. The maximum absolute atomic E-state index is 6.90. The van der Waals surface area contributed by atoms with Crippen molar-refractivity contribution in [2.24, 2.45) is 0 Å². The monoisotopic (exact) mass is 698 g/mol. The SMILES string of the molecule is CCC1Nc2ccccc2N1c1ccc(-c2ccc(-c3cccc(-c4ccc(-c5nc(-c6ccccc6)nc(-c6ccccc6)n5)cc4)c3N)cc2)cc1. The number of fused-ring (bicyclic) bond motifs is 1. The van der Waals surface area contributed by atoms with Gasteiger partial charge in [0, 0.05) is 39.2 Å². The number of para-hydroxylation sites is 3. The molecule has 1 aliphatic heterocycles. The molecule has 0 bridgehead atoms. The van der Waals surface area contributed by atoms with Crippen LogP contribution in [-0.2, 0) is 0 Å². The van der Waals surface area contributed by atoms with E-state index < -0.39 is 0 Å². The number of nitrogen functional groups attached to an aromatic ring is 1. The maximum atomic E-state index is 6.90. The number of anilines is 4. The lowest BCUT2D eigenvalue weighted by molar-refractivity contribution is 0.728. The summed E-state index contributed by atoms with van der Waals surface area (Å²) in [6, 6.07) is 60.6. The number of hydrogen-bond acceptors (Lipinski definition) is 6. The summed E-state index contributed by atoms with van der Waals surface area (Å²) in [4.78, 5) is 17.0. The molecule has 1 unspecified atom stereocenters. The van der Waals surface area contributed by atoms with Crippen LogP contribution in [0.15, 0.2) is 176 Å². The molecule has 2 heterocycles. The van der Waals surface area contributed by atoms with Crippen molar-refractivity contribution >= 4 is 22.7 Å². The van der Waals surface area contributed by atoms with Gasteiger partial charge in [0.25, 0.3) is 0 Å². The van der Waals surface area contributed by atoms with Crippen molar-refractivity contribution in [3.05, 3.63) is 176 Å². The molecule has 9 rings (SSSR count). The second kappa shape index (κ2) is 14.2. The zero-order valence-electron chi connectivity index (χ0n) is 29.9. The molecule has 0 radical (unpaired) electrons. The standard InChI is InChI=1S/C48H38N6/c1-2-44-50-42-18-9-10-19-43(42)54(44)39-30-28-33(29-31-39)32-20-22-34(23-21-32)40-16-11-17-41(45(40)49)35-24-26-38(27-25-35)48-52-46(36-12-5-3-6-13-36)51-47(53-48)37-14-7-4-8-15-37/h3-31,44,50H,2,49H2,1H3. The molecule has 0 fully saturated rings. The molecule has 0 spiro atoms. The second-order valence-electron chi connectivity index (χ2n) is 13.5. The van der Waals surface area contributed by atoms with Crippen LogP contribution in [0.2, 0.25) is 0 Å². The molecule has 1 atom stereocenters. The van der Waals surface area contributed by atoms with Crippen LogP contribution < -0.4 is 16.0 Å². The molecule has 8 aromatic rings. The third-order valence-electron chi connectivity index (χ3n) is 10.1. The number of nitrogens with one attached hydrogen (secondary N) is 1. The molecule has 260 valence electrons. The minimum atomic E-state index is 0.239. The van der Waals surface area contributed by atoms with Gasteiger partial charge in [0.05, 0.1) is 11.4 Å². The van der Waals surface area contributed by atoms with Crippen molar-refractivity contribution in [3.8, 4) is 67.5 Å². The lowest BCUT2D eigenvalue weighted by Crippen LogP contribution is -2.30. The van der Waals surface area contributed by atoms with Gasteiger partial charge in [0.2, 0.25) is 0 Å². The van der Waals surface area contributed by atoms with E-state index in [0.717, 1.165) is 56.6 Å². The van der Waals surface area contributed by atoms with Crippen LogP contribution >= 0.6 is 0 Å². The highest BCUT2D eigenvalue weighted by Crippen LogP contribution is 2.41. The molecule has 1 aliphatic rings. The Labute approximate surface area is 315 Å². The molecular weight excluding hydrogens is 661 g/mol. The van der Waals surface area contributed by atoms with E-state index in [4.69, 9.17) is 20.7 Å². The van der Waals surface area contributed by atoms with E-state index in [1.807, 2.05) is 60.7 Å². The summed E-state index contributed by atoms with van der Waals surface area (Å²) in [5.41, 5.74) is 20.4. The molecule has 0 amide bonds. The summed E-state index contributed by atoms with van der Waals surface area (Å²) < 4.78 is 0. The van der Waals surface area contributed by atoms with Crippen LogP contribution in [0, 0.1) is 0 Å². The molecule has 0 saturated carbocycles. The van der Waals surface area contributed by atoms with Gasteiger partial charge in [-0.15, -0.1) is 0 Å². The molecule has 6 heteroatoms. The number of hydrogen-bond donors (Lipinski definition) is 2. The Kier molecular flexibility index (Phi) is 8.61. The van der Waals surface area contributed by atoms with Gasteiger partial charge in [-0.05, 0) is 52.9 Å². The van der Waals surface area contributed by atoms with E-state index in [-0.39, 0.29) is 6.17 Å². The molecular formula is C48H38N6. The minimum Gasteiger partial charge on any atom is -0.398 e. The summed E-state index contributed by atoms with van der Waals surface area (Å²) in [6.07, 6.45) is 1.24. The van der Waals surface area contributed by atoms with Gasteiger partial charge in [0.15, 0.2) is 17.5 Å². The summed E-state index contributed by atoms with van der Waals surface area (Å²) in [5, 5.41) is 3.65. The van der Waals surface area contributed by atoms with Gasteiger partial charge in [-0.1, -0.05) is 159 Å². The van der Waals surface area contributed by atoms with E-state index in [9.17, 15) is 0 Å². The predicted octanol–water partition coefficient (Wildman–Crippen LogP) is 11.8. The van der Waals surface area contributed by atoms with Gasteiger partial charge >= 0.3 is 0 Å². The Morgan fingerprint density at radius 1 is 0.463 bits per heavy atom. The third-order valence-corrected chi connectivity index (χ3v) is 10.1. The van der Waals surface area contributed by atoms with Crippen LogP contribution in [0.5, 0.6) is 0 Å². The van der Waals surface area contributed by atoms with Crippen LogP contribution in [-0.4, -0.2) is 21.1 Å². The Balaban J connectivity index is 0.968. The first-order chi connectivity index (χ1) is 26.6. The zero-order valence-corrected chi connectivity index (χ0v) is 29.9. The lowest BCUT2D eigenvalue weighted by atomic mass is 9.94. The minimum absolute atomic E-state index is 0.239. The highest BCUT2D eigenvalue weighted by Gasteiger charge is 2.28. The molecule has 0 saturated heterocycles. The van der Waals surface area contributed by atoms with Gasteiger partial charge in [-0.25, -0.2) is 15.0 Å². The highest BCUT2D eigenvalue weighted by atomic mass is 15.3. The topological polar surface area (TPSA) is 80.0 Å². The summed E-state index contributed by atoms with van der Waals surface area (Å²) in [5.74, 6) is 1.90. The number of rotatable bonds is 8. The van der Waals surface area contributed by atoms with E-state index in [1.54, 1.807) is 0 Å². The van der Waals surface area contributed by atoms with Crippen LogP contribution in [0.3, 0.4) is 0 Å². The van der Waals surface area contributed by atoms with Crippen molar-refractivity contribution in [1.82, 2.24) is 15.0 Å². The summed E-state index contributed by atoms with van der Waals surface area (Å²) in [7, 11) is 0. The molecule has 6 nitrogen and oxygen atoms in total. The van der Waals surface area contributed by atoms with E-state index in [1.165, 1.54) is 22.6 Å². The fraction of sp³-hybridized carbons (Fsp3) is 0.0625. The van der Waals surface area contributed by atoms with Gasteiger partial charge in [0.1, 0.15) is 6.17 Å². The summed E-state index contributed by atoms with van der Waals surface area (Å²) in [6.45, 7) is 2.21. The normalized spacial score (nSPS) is 13.4. The Morgan fingerprint density at radius 2 is 0.889 bits per heavy atom. The maximum Gasteiger partial charge on any atom is 0.164 e. The first-order valence-electron chi connectivity index (χ1n) is 18.3. The van der Waals surface area contributed by atoms with Crippen LogP contribution in [0.4, 0.5) is 22.7 Å². The molecule has 54 heavy (non-hydrogen) atoms. The Morgan fingerprint density at radius 3 is 1.41 bits per heavy atom. The third kappa shape index (κ3) is 6.24. The Hall–Kier alpha value is -7.05. The fourth-order valence-corrected chi connectivity index (χ4v) is 7.28. The second-order valence-corrected chi connectivity index (χ2v) is 13.5. The number of aromatic nitrogens is 3. The van der Waals surface area contributed by atoms with Crippen molar-refractivity contribution < 1.29 is 0 Å². The van der Waals surface area contributed by atoms with E-state index in [2.05, 4.69) is 132 Å². The number of nitrogens with two attached hydrogens (primary N) is 1. The van der Waals surface area contributed by atoms with Gasteiger partial charge in [-0.2, -0.15) is 0 Å². The van der Waals surface area contributed by atoms with Gasteiger partial charge < -0.3 is 16.0 Å². The van der Waals surface area contributed by atoms with Crippen molar-refractivity contribution in [2.45, 2.75) is 19.5 Å². The predicted molar refractivity (Wildman–Crippen MR) is 223 cm³/mol. The average molecular weight is 699 g/mol. The van der Waals surface area contributed by atoms with Gasteiger partial charge in [-0.3, -0.25) is 0 Å². The fourth-order valence-electron chi connectivity index (χ4n) is 7.28. The average Bonchev–Trinajstić information content (AvgIpc) is 3.63. The summed E-state index contributed by atoms with van der Waals surface area (Å²) >= 11 is 0. The first kappa shape index (κ1) is 32.8. The quantitative estimate of drug-likeness (QED) is 0.154. The molecule has 7 aromatic carbocycles. The van der Waals surface area contributed by atoms with Crippen molar-refractivity contribution in [1.29, 1.82) is 0 Å². The largest absolute Gasteiger partial charge is 0.398 e. The van der Waals surface area contributed by atoms with Crippen molar-refractivity contribution in [2.75, 3.05) is 16.0 Å². The number of benzene rings is 7. The highest BCUT2D eigenvalue weighted by molar-refractivity contribution is 5.90. The van der Waals surface area contributed by atoms with E-state index in [0.29, 0.717) is 17.5 Å². The van der Waals surface area contributed by atoms with Crippen LogP contribution in [0.25, 0.3) is 67.5 Å². The molecule has 3 N–H and O–H groups in total. The lowest BCUT2D eigenvalue weighted by Gasteiger charge is -2.26. The van der Waals surface area contributed by atoms with Crippen molar-refractivity contribution in [3.63, 3.8) is 0 Å². The number of nitrogens with zero attached hydrogens (tertiary/aromatic N) is 4. The van der Waals surface area contributed by atoms with Crippen LogP contribution in [0.1, 0.15) is 13.3 Å². The first-order valence-corrected chi connectivity index (χ1v) is 18.3. The zero-order chi connectivity index (χ0) is 36.4. The molecule has 0 aliphatic carbocycles. The smallest absolute Gasteiger partial charge is 0.164 e. The Bertz CT molecular complexity index is 2490. The van der Waals surface area contributed by atoms with E-state index >= 15 is 0 Å².